The Bertz CT molecular complexity index is 455. The van der Waals surface area contributed by atoms with Gasteiger partial charge in [0.15, 0.2) is 0 Å². The molecule has 0 saturated carbocycles. The molecule has 0 radical (unpaired) electrons. The summed E-state index contributed by atoms with van der Waals surface area (Å²) in [6.07, 6.45) is -3.83. The predicted molar refractivity (Wildman–Crippen MR) is 54.1 cm³/mol. The zero-order valence-corrected chi connectivity index (χ0v) is 11.4. The number of Topliss-reactive ketones (excluding diaryl/α,β-unsaturated/α-hetero) is 1. The molecule has 1 nitrogen and oxygen atoms in total. The third kappa shape index (κ3) is 2.59. The van der Waals surface area contributed by atoms with Crippen LogP contribution in [0.4, 0.5) is 13.2 Å². The first-order valence-corrected chi connectivity index (χ1v) is 8.04. The van der Waals surface area contributed by atoms with Gasteiger partial charge in [0, 0.05) is 0 Å². The SMILES string of the molecule is O=C(c1c(Cl)cccc1C(F)(F)F)C1CC[I-]1. The molecule has 0 amide bonds. The van der Waals surface area contributed by atoms with Crippen molar-refractivity contribution in [2.24, 2.45) is 0 Å². The molecule has 0 spiro atoms. The fourth-order valence-electron chi connectivity index (χ4n) is 1.59. The number of hydrogen-bond donors (Lipinski definition) is 0. The molecule has 1 aromatic rings. The average Bonchev–Trinajstić information content (AvgIpc) is 2.12. The van der Waals surface area contributed by atoms with Crippen LogP contribution < -0.4 is 21.2 Å². The topological polar surface area (TPSA) is 17.1 Å². The summed E-state index contributed by atoms with van der Waals surface area (Å²) in [7, 11) is 0. The Hall–Kier alpha value is -0.300. The van der Waals surface area contributed by atoms with Crippen LogP contribution in [0.3, 0.4) is 0 Å². The van der Waals surface area contributed by atoms with E-state index in [1.807, 2.05) is 0 Å². The Morgan fingerprint density at radius 3 is 2.53 bits per heavy atom. The summed E-state index contributed by atoms with van der Waals surface area (Å²) in [6.45, 7) is 0. The van der Waals surface area contributed by atoms with E-state index in [0.717, 1.165) is 10.5 Å². The second kappa shape index (κ2) is 4.76. The van der Waals surface area contributed by atoms with Gasteiger partial charge >= 0.3 is 112 Å². The molecule has 1 unspecified atom stereocenters. The van der Waals surface area contributed by atoms with Crippen LogP contribution >= 0.6 is 11.6 Å². The Balaban J connectivity index is 2.47. The van der Waals surface area contributed by atoms with Crippen molar-refractivity contribution < 1.29 is 39.2 Å². The zero-order chi connectivity index (χ0) is 12.6. The first-order valence-electron chi connectivity index (χ1n) is 4.89. The van der Waals surface area contributed by atoms with Crippen LogP contribution in [0.2, 0.25) is 5.02 Å². The van der Waals surface area contributed by atoms with E-state index in [2.05, 4.69) is 0 Å². The van der Waals surface area contributed by atoms with E-state index in [1.54, 1.807) is 0 Å². The Kier molecular flexibility index (Phi) is 3.68. The van der Waals surface area contributed by atoms with Gasteiger partial charge in [0.05, 0.1) is 0 Å². The Morgan fingerprint density at radius 1 is 1.41 bits per heavy atom. The predicted octanol–water partition coefficient (Wildman–Crippen LogP) is 0.403. The molecule has 0 N–H and O–H groups in total. The molecule has 1 aliphatic rings. The van der Waals surface area contributed by atoms with Gasteiger partial charge in [-0.2, -0.15) is 0 Å². The van der Waals surface area contributed by atoms with Crippen molar-refractivity contribution in [1.29, 1.82) is 0 Å². The molecule has 2 rings (SSSR count). The van der Waals surface area contributed by atoms with Crippen LogP contribution in [0.1, 0.15) is 22.3 Å². The van der Waals surface area contributed by atoms with Crippen LogP contribution in [0, 0.1) is 0 Å². The number of hydrogen-bond acceptors (Lipinski definition) is 1. The Labute approximate surface area is 112 Å². The van der Waals surface area contributed by atoms with E-state index < -0.39 is 17.5 Å². The summed E-state index contributed by atoms with van der Waals surface area (Å²) in [4.78, 5) is 12.0. The van der Waals surface area contributed by atoms with Crippen molar-refractivity contribution in [2.75, 3.05) is 4.43 Å². The third-order valence-electron chi connectivity index (χ3n) is 2.51. The maximum absolute atomic E-state index is 12.8. The first kappa shape index (κ1) is 13.1. The monoisotopic (exact) mass is 375 g/mol. The summed E-state index contributed by atoms with van der Waals surface area (Å²) in [5.41, 5.74) is -1.25. The molecule has 1 aliphatic heterocycles. The van der Waals surface area contributed by atoms with Crippen LogP contribution in [-0.2, 0) is 6.18 Å². The van der Waals surface area contributed by atoms with Gasteiger partial charge in [-0.05, 0) is 0 Å². The van der Waals surface area contributed by atoms with Crippen molar-refractivity contribution in [3.05, 3.63) is 34.3 Å². The standard InChI is InChI=1S/C11H8ClF3IO/c12-7-3-1-2-6(11(13,14)15)9(7)10(17)8-4-5-16-8/h1-3,8H,4-5H2/q-1. The minimum absolute atomic E-state index is 0.0965. The van der Waals surface area contributed by atoms with Crippen molar-refractivity contribution in [3.63, 3.8) is 0 Å². The Morgan fingerprint density at radius 2 is 2.06 bits per heavy atom. The molecule has 1 atom stereocenters. The van der Waals surface area contributed by atoms with Gasteiger partial charge in [-0.15, -0.1) is 0 Å². The van der Waals surface area contributed by atoms with E-state index in [4.69, 9.17) is 11.6 Å². The number of ketones is 1. The molecule has 1 saturated heterocycles. The molecule has 0 aliphatic carbocycles. The first-order chi connectivity index (χ1) is 7.91. The minimum atomic E-state index is -4.53. The van der Waals surface area contributed by atoms with Gasteiger partial charge in [-0.3, -0.25) is 0 Å². The number of benzene rings is 1. The second-order valence-electron chi connectivity index (χ2n) is 3.62. The molecular formula is C11H8ClF3IO-. The maximum atomic E-state index is 12.8. The van der Waals surface area contributed by atoms with Gasteiger partial charge in [-0.1, -0.05) is 0 Å². The van der Waals surface area contributed by atoms with Gasteiger partial charge in [0.2, 0.25) is 0 Å². The summed E-state index contributed by atoms with van der Waals surface area (Å²) in [5.74, 6) is -0.429. The zero-order valence-electron chi connectivity index (χ0n) is 8.52. The molecule has 6 heteroatoms. The second-order valence-corrected chi connectivity index (χ2v) is 7.49. The van der Waals surface area contributed by atoms with Gasteiger partial charge in [0.25, 0.3) is 0 Å². The van der Waals surface area contributed by atoms with E-state index in [0.29, 0.717) is 6.42 Å². The van der Waals surface area contributed by atoms with Crippen LogP contribution in [0.5, 0.6) is 0 Å². The van der Waals surface area contributed by atoms with Crippen LogP contribution in [-0.4, -0.2) is 14.1 Å². The number of carbonyl (C=O) groups excluding carboxylic acids is 1. The third-order valence-corrected chi connectivity index (χ3v) is 6.32. The van der Waals surface area contributed by atoms with E-state index in [9.17, 15) is 18.0 Å². The van der Waals surface area contributed by atoms with Crippen molar-refractivity contribution in [3.8, 4) is 0 Å². The van der Waals surface area contributed by atoms with Gasteiger partial charge < -0.3 is 0 Å². The normalized spacial score (nSPS) is 20.4. The summed E-state index contributed by atoms with van der Waals surface area (Å²) in [5, 5.41) is -0.0965. The van der Waals surface area contributed by atoms with Crippen LogP contribution in [0.15, 0.2) is 18.2 Å². The van der Waals surface area contributed by atoms with Gasteiger partial charge in [-0.25, -0.2) is 0 Å². The summed E-state index contributed by atoms with van der Waals surface area (Å²) >= 11 is 5.47. The number of rotatable bonds is 2. The molecular weight excluding hydrogens is 367 g/mol. The van der Waals surface area contributed by atoms with Gasteiger partial charge in [0.1, 0.15) is 0 Å². The molecule has 0 aromatic heterocycles. The van der Waals surface area contributed by atoms with E-state index in [1.165, 1.54) is 12.1 Å². The molecule has 0 bridgehead atoms. The average molecular weight is 376 g/mol. The van der Waals surface area contributed by atoms with Crippen molar-refractivity contribution in [1.82, 2.24) is 0 Å². The van der Waals surface area contributed by atoms with Crippen LogP contribution in [0.25, 0.3) is 0 Å². The quantitative estimate of drug-likeness (QED) is 0.416. The molecule has 94 valence electrons. The molecule has 1 heterocycles. The fraction of sp³-hybridized carbons (Fsp3) is 0.364. The van der Waals surface area contributed by atoms with E-state index >= 15 is 0 Å². The number of carbonyl (C=O) groups is 1. The summed E-state index contributed by atoms with van der Waals surface area (Å²) in [6, 6.07) is 3.47. The fourth-order valence-corrected chi connectivity index (χ4v) is 3.81. The summed E-state index contributed by atoms with van der Waals surface area (Å²) < 4.78 is 39.1. The molecule has 1 aromatic carbocycles. The van der Waals surface area contributed by atoms with Crippen molar-refractivity contribution in [2.45, 2.75) is 16.5 Å². The number of alkyl halides is 5. The van der Waals surface area contributed by atoms with Crippen molar-refractivity contribution >= 4 is 17.4 Å². The number of halogens is 5. The van der Waals surface area contributed by atoms with E-state index in [-0.39, 0.29) is 35.7 Å². The molecule has 17 heavy (non-hydrogen) atoms. The molecule has 1 fully saturated rings.